The van der Waals surface area contributed by atoms with Crippen LogP contribution in [0.3, 0.4) is 0 Å². The molecule has 2 aromatic rings. The van der Waals surface area contributed by atoms with E-state index in [2.05, 4.69) is 11.9 Å². The van der Waals surface area contributed by atoms with E-state index in [-0.39, 0.29) is 17.3 Å². The van der Waals surface area contributed by atoms with E-state index >= 15 is 0 Å². The van der Waals surface area contributed by atoms with Gasteiger partial charge in [0.1, 0.15) is 5.69 Å². The number of hydrogen-bond acceptors (Lipinski definition) is 6. The van der Waals surface area contributed by atoms with E-state index in [1.807, 2.05) is 6.92 Å². The zero-order valence-electron chi connectivity index (χ0n) is 18.6. The number of nitrogens with zero attached hydrogens (tertiary/aromatic N) is 1. The topological polar surface area (TPSA) is 97.9 Å². The number of ketones is 1. The van der Waals surface area contributed by atoms with Gasteiger partial charge in [-0.1, -0.05) is 13.3 Å². The second-order valence-corrected chi connectivity index (χ2v) is 7.60. The molecule has 2 heterocycles. The average Bonchev–Trinajstić information content (AvgIpc) is 3.50. The molecule has 1 aromatic heterocycles. The van der Waals surface area contributed by atoms with Crippen molar-refractivity contribution in [3.63, 3.8) is 0 Å². The fourth-order valence-corrected chi connectivity index (χ4v) is 3.42. The van der Waals surface area contributed by atoms with Crippen molar-refractivity contribution in [3.8, 4) is 11.5 Å². The van der Waals surface area contributed by atoms with Gasteiger partial charge in [0, 0.05) is 24.8 Å². The lowest BCUT2D eigenvalue weighted by atomic mass is 10.2. The third-order valence-corrected chi connectivity index (χ3v) is 5.20. The van der Waals surface area contributed by atoms with Crippen molar-refractivity contribution < 1.29 is 28.6 Å². The number of likely N-dealkylation sites (tertiary alicyclic amines) is 1. The maximum absolute atomic E-state index is 12.5. The number of carbonyl (C=O) groups excluding carboxylic acids is 3. The molecule has 32 heavy (non-hydrogen) atoms. The van der Waals surface area contributed by atoms with Crippen LogP contribution in [0.4, 0.5) is 0 Å². The molecule has 8 nitrogen and oxygen atoms in total. The molecule has 0 spiro atoms. The molecule has 172 valence electrons. The molecule has 1 saturated heterocycles. The second-order valence-electron chi connectivity index (χ2n) is 7.60. The Morgan fingerprint density at radius 2 is 1.78 bits per heavy atom. The van der Waals surface area contributed by atoms with Crippen LogP contribution in [0.2, 0.25) is 0 Å². The standard InChI is InChI=1S/C24H30N2O6/c1-3-5-12-31-21-9-8-17(14-22(21)30-4-2)24(29)32-16-20(27)18-13-19(25-15-18)23(28)26-10-6-7-11-26/h8-9,13-15,25H,3-7,10-12,16H2,1-2H3. The smallest absolute Gasteiger partial charge is 0.338 e. The highest BCUT2D eigenvalue weighted by atomic mass is 16.5. The van der Waals surface area contributed by atoms with Gasteiger partial charge in [-0.25, -0.2) is 4.79 Å². The minimum Gasteiger partial charge on any atom is -0.490 e. The largest absolute Gasteiger partial charge is 0.490 e. The van der Waals surface area contributed by atoms with E-state index in [1.165, 1.54) is 12.3 Å². The molecular formula is C24H30N2O6. The SMILES string of the molecule is CCCCOc1ccc(C(=O)OCC(=O)c2c[nH]c(C(=O)N3CCCC3)c2)cc1OCC. The number of carbonyl (C=O) groups is 3. The molecule has 1 N–H and O–H groups in total. The molecule has 1 aliphatic rings. The minimum atomic E-state index is -0.636. The van der Waals surface area contributed by atoms with Crippen molar-refractivity contribution in [1.29, 1.82) is 0 Å². The summed E-state index contributed by atoms with van der Waals surface area (Å²) in [5.41, 5.74) is 0.930. The maximum atomic E-state index is 12.5. The molecule has 3 rings (SSSR count). The quantitative estimate of drug-likeness (QED) is 0.322. The number of unbranched alkanes of at least 4 members (excludes halogenated alkanes) is 1. The molecule has 0 unspecified atom stereocenters. The first kappa shape index (κ1) is 23.4. The van der Waals surface area contributed by atoms with Crippen molar-refractivity contribution in [3.05, 3.63) is 47.3 Å². The average molecular weight is 443 g/mol. The van der Waals surface area contributed by atoms with Crippen molar-refractivity contribution in [2.45, 2.75) is 39.5 Å². The summed E-state index contributed by atoms with van der Waals surface area (Å²) in [5, 5.41) is 0. The number of esters is 1. The zero-order valence-corrected chi connectivity index (χ0v) is 18.6. The van der Waals surface area contributed by atoms with E-state index in [0.717, 1.165) is 38.8 Å². The fourth-order valence-electron chi connectivity index (χ4n) is 3.42. The first-order valence-electron chi connectivity index (χ1n) is 11.1. The molecular weight excluding hydrogens is 412 g/mol. The lowest BCUT2D eigenvalue weighted by Gasteiger charge is -2.13. The summed E-state index contributed by atoms with van der Waals surface area (Å²) < 4.78 is 16.5. The predicted octanol–water partition coefficient (Wildman–Crippen LogP) is 3.87. The zero-order chi connectivity index (χ0) is 22.9. The van der Waals surface area contributed by atoms with Gasteiger partial charge >= 0.3 is 5.97 Å². The lowest BCUT2D eigenvalue weighted by molar-refractivity contribution is 0.0474. The van der Waals surface area contributed by atoms with Gasteiger partial charge in [-0.05, 0) is 50.5 Å². The van der Waals surface area contributed by atoms with Gasteiger partial charge in [0.15, 0.2) is 18.1 Å². The highest BCUT2D eigenvalue weighted by molar-refractivity contribution is 6.02. The number of aromatic amines is 1. The summed E-state index contributed by atoms with van der Waals surface area (Å²) in [6.45, 7) is 5.94. The lowest BCUT2D eigenvalue weighted by Crippen LogP contribution is -2.27. The van der Waals surface area contributed by atoms with Crippen LogP contribution < -0.4 is 9.47 Å². The van der Waals surface area contributed by atoms with E-state index in [4.69, 9.17) is 14.2 Å². The molecule has 0 bridgehead atoms. The number of Topliss-reactive ketones (excluding diaryl/α,β-unsaturated/α-hetero) is 1. The second kappa shape index (κ2) is 11.4. The number of benzene rings is 1. The van der Waals surface area contributed by atoms with Crippen molar-refractivity contribution in [2.24, 2.45) is 0 Å². The minimum absolute atomic E-state index is 0.122. The summed E-state index contributed by atoms with van der Waals surface area (Å²) in [6.07, 6.45) is 5.38. The number of aromatic nitrogens is 1. The number of hydrogen-bond donors (Lipinski definition) is 1. The molecule has 1 aromatic carbocycles. The van der Waals surface area contributed by atoms with Gasteiger partial charge < -0.3 is 24.1 Å². The number of nitrogens with one attached hydrogen (secondary N) is 1. The van der Waals surface area contributed by atoms with Gasteiger partial charge in [-0.2, -0.15) is 0 Å². The first-order chi connectivity index (χ1) is 15.5. The summed E-state index contributed by atoms with van der Waals surface area (Å²) in [5.74, 6) is -0.123. The Morgan fingerprint density at radius 1 is 1.00 bits per heavy atom. The van der Waals surface area contributed by atoms with Crippen LogP contribution in [0.15, 0.2) is 30.5 Å². The van der Waals surface area contributed by atoms with Crippen LogP contribution in [-0.4, -0.2) is 60.5 Å². The van der Waals surface area contributed by atoms with Gasteiger partial charge in [0.05, 0.1) is 18.8 Å². The van der Waals surface area contributed by atoms with E-state index in [9.17, 15) is 14.4 Å². The highest BCUT2D eigenvalue weighted by Gasteiger charge is 2.22. The number of amides is 1. The van der Waals surface area contributed by atoms with Crippen LogP contribution in [0, 0.1) is 0 Å². The summed E-state index contributed by atoms with van der Waals surface area (Å²) in [7, 11) is 0. The Balaban J connectivity index is 1.58. The molecule has 0 aliphatic carbocycles. The van der Waals surface area contributed by atoms with Crippen LogP contribution in [0.5, 0.6) is 11.5 Å². The van der Waals surface area contributed by atoms with E-state index < -0.39 is 12.6 Å². The molecule has 1 fully saturated rings. The fraction of sp³-hybridized carbons (Fsp3) is 0.458. The van der Waals surface area contributed by atoms with Crippen molar-refractivity contribution in [1.82, 2.24) is 9.88 Å². The van der Waals surface area contributed by atoms with Crippen LogP contribution in [0.25, 0.3) is 0 Å². The molecule has 0 saturated carbocycles. The third kappa shape index (κ3) is 5.90. The normalized spacial score (nSPS) is 13.1. The monoisotopic (exact) mass is 442 g/mol. The van der Waals surface area contributed by atoms with E-state index in [0.29, 0.717) is 36.0 Å². The van der Waals surface area contributed by atoms with Crippen LogP contribution in [0.1, 0.15) is 70.7 Å². The molecule has 8 heteroatoms. The molecule has 1 amide bonds. The first-order valence-corrected chi connectivity index (χ1v) is 11.1. The number of H-pyrrole nitrogens is 1. The summed E-state index contributed by atoms with van der Waals surface area (Å²) in [4.78, 5) is 41.9. The van der Waals surface area contributed by atoms with Gasteiger partial charge in [0.25, 0.3) is 5.91 Å². The summed E-state index contributed by atoms with van der Waals surface area (Å²) >= 11 is 0. The maximum Gasteiger partial charge on any atom is 0.338 e. The van der Waals surface area contributed by atoms with Gasteiger partial charge in [0.2, 0.25) is 5.78 Å². The predicted molar refractivity (Wildman–Crippen MR) is 119 cm³/mol. The Bertz CT molecular complexity index is 946. The van der Waals surface area contributed by atoms with Gasteiger partial charge in [-0.3, -0.25) is 9.59 Å². The molecule has 0 radical (unpaired) electrons. The van der Waals surface area contributed by atoms with Crippen molar-refractivity contribution in [2.75, 3.05) is 32.9 Å². The Kier molecular flexibility index (Phi) is 8.30. The van der Waals surface area contributed by atoms with E-state index in [1.54, 1.807) is 23.1 Å². The molecule has 1 aliphatic heterocycles. The molecule has 0 atom stereocenters. The third-order valence-electron chi connectivity index (χ3n) is 5.20. The number of rotatable bonds is 11. The highest BCUT2D eigenvalue weighted by Crippen LogP contribution is 2.29. The Morgan fingerprint density at radius 3 is 2.50 bits per heavy atom. The van der Waals surface area contributed by atoms with Crippen molar-refractivity contribution >= 4 is 17.7 Å². The van der Waals surface area contributed by atoms with Crippen LogP contribution in [-0.2, 0) is 4.74 Å². The van der Waals surface area contributed by atoms with Gasteiger partial charge in [-0.15, -0.1) is 0 Å². The number of ether oxygens (including phenoxy) is 3. The summed E-state index contributed by atoms with van der Waals surface area (Å²) in [6, 6.07) is 6.31. The Labute approximate surface area is 187 Å². The van der Waals surface area contributed by atoms with Crippen LogP contribution >= 0.6 is 0 Å². The Hall–Kier alpha value is -3.29.